The first-order chi connectivity index (χ1) is 13.8. The van der Waals surface area contributed by atoms with Gasteiger partial charge < -0.3 is 10.6 Å². The molecule has 0 saturated heterocycles. The molecule has 4 rings (SSSR count). The third kappa shape index (κ3) is 4.18. The normalized spacial score (nSPS) is 18.8. The van der Waals surface area contributed by atoms with Crippen LogP contribution in [0.5, 0.6) is 0 Å². The standard InChI is InChI=1S/C19H16BrF3N4OS/c20-12-5-3-11(4-6-12)15-8-16(19(21,22)23)27-17(26-15)14(10-25-27)18(28)24-9-13-2-1-7-29-13/h1-7,10,15-16,26H,8-9H2,(H,24,28). The lowest BCUT2D eigenvalue weighted by Gasteiger charge is -2.34. The number of alkyl halides is 3. The number of benzene rings is 1. The van der Waals surface area contributed by atoms with Crippen LogP contribution in [0.4, 0.5) is 19.0 Å². The van der Waals surface area contributed by atoms with Gasteiger partial charge in [-0.25, -0.2) is 4.68 Å². The van der Waals surface area contributed by atoms with Gasteiger partial charge in [0.1, 0.15) is 11.4 Å². The number of hydrogen-bond acceptors (Lipinski definition) is 4. The van der Waals surface area contributed by atoms with Gasteiger partial charge in [-0.15, -0.1) is 11.3 Å². The SMILES string of the molecule is O=C(NCc1cccs1)c1cnn2c1NC(c1ccc(Br)cc1)CC2C(F)(F)F. The van der Waals surface area contributed by atoms with E-state index in [9.17, 15) is 18.0 Å². The minimum absolute atomic E-state index is 0.0789. The Hall–Kier alpha value is -2.33. The summed E-state index contributed by atoms with van der Waals surface area (Å²) in [4.78, 5) is 13.6. The zero-order valence-corrected chi connectivity index (χ0v) is 17.3. The summed E-state index contributed by atoms with van der Waals surface area (Å²) in [5, 5.41) is 11.6. The molecule has 1 aliphatic heterocycles. The average Bonchev–Trinajstić information content (AvgIpc) is 3.35. The van der Waals surface area contributed by atoms with Crippen molar-refractivity contribution in [1.82, 2.24) is 15.1 Å². The van der Waals surface area contributed by atoms with Crippen LogP contribution in [-0.4, -0.2) is 21.9 Å². The van der Waals surface area contributed by atoms with Crippen LogP contribution in [0.2, 0.25) is 0 Å². The molecule has 2 aromatic heterocycles. The molecule has 1 aliphatic rings. The quantitative estimate of drug-likeness (QED) is 0.528. The van der Waals surface area contributed by atoms with Gasteiger partial charge in [-0.2, -0.15) is 18.3 Å². The van der Waals surface area contributed by atoms with Crippen LogP contribution in [0.1, 0.15) is 39.3 Å². The van der Waals surface area contributed by atoms with Gasteiger partial charge in [0.05, 0.1) is 18.8 Å². The van der Waals surface area contributed by atoms with Gasteiger partial charge >= 0.3 is 6.18 Å². The molecule has 1 aromatic carbocycles. The van der Waals surface area contributed by atoms with E-state index >= 15 is 0 Å². The van der Waals surface area contributed by atoms with E-state index in [2.05, 4.69) is 31.7 Å². The van der Waals surface area contributed by atoms with E-state index in [1.165, 1.54) is 17.5 Å². The second-order valence-corrected chi connectivity index (χ2v) is 8.60. The lowest BCUT2D eigenvalue weighted by molar-refractivity contribution is -0.173. The molecule has 0 spiro atoms. The molecule has 5 nitrogen and oxygen atoms in total. The molecule has 1 amide bonds. The number of nitrogens with one attached hydrogen (secondary N) is 2. The van der Waals surface area contributed by atoms with Crippen molar-refractivity contribution in [2.45, 2.75) is 31.2 Å². The van der Waals surface area contributed by atoms with Crippen molar-refractivity contribution >= 4 is 39.0 Å². The maximum Gasteiger partial charge on any atom is 0.410 e. The van der Waals surface area contributed by atoms with Gasteiger partial charge in [-0.1, -0.05) is 34.1 Å². The van der Waals surface area contributed by atoms with E-state index in [-0.39, 0.29) is 17.8 Å². The highest BCUT2D eigenvalue weighted by molar-refractivity contribution is 9.10. The van der Waals surface area contributed by atoms with Gasteiger partial charge in [0.25, 0.3) is 5.91 Å². The summed E-state index contributed by atoms with van der Waals surface area (Å²) < 4.78 is 42.9. The highest BCUT2D eigenvalue weighted by atomic mass is 79.9. The van der Waals surface area contributed by atoms with Gasteiger partial charge in [-0.3, -0.25) is 4.79 Å². The fourth-order valence-electron chi connectivity index (χ4n) is 3.32. The smallest absolute Gasteiger partial charge is 0.363 e. The third-order valence-corrected chi connectivity index (χ3v) is 6.16. The molecule has 10 heteroatoms. The molecule has 2 atom stereocenters. The maximum absolute atomic E-state index is 13.7. The molecule has 2 unspecified atom stereocenters. The van der Waals surface area contributed by atoms with E-state index < -0.39 is 24.2 Å². The van der Waals surface area contributed by atoms with E-state index in [0.717, 1.165) is 14.0 Å². The molecule has 3 heterocycles. The van der Waals surface area contributed by atoms with Crippen LogP contribution < -0.4 is 10.6 Å². The summed E-state index contributed by atoms with van der Waals surface area (Å²) in [5.74, 6) is -0.389. The van der Waals surface area contributed by atoms with Crippen molar-refractivity contribution in [3.63, 3.8) is 0 Å². The first kappa shape index (κ1) is 20.0. The van der Waals surface area contributed by atoms with Crippen LogP contribution in [0.15, 0.2) is 52.4 Å². The number of nitrogens with zero attached hydrogens (tertiary/aromatic N) is 2. The molecular formula is C19H16BrF3N4OS. The fraction of sp³-hybridized carbons (Fsp3) is 0.263. The molecule has 0 aliphatic carbocycles. The highest BCUT2D eigenvalue weighted by Gasteiger charge is 2.47. The van der Waals surface area contributed by atoms with E-state index in [1.807, 2.05) is 17.5 Å². The zero-order chi connectivity index (χ0) is 20.6. The Morgan fingerprint density at radius 1 is 1.31 bits per heavy atom. The molecular weight excluding hydrogens is 469 g/mol. The Morgan fingerprint density at radius 2 is 2.07 bits per heavy atom. The van der Waals surface area contributed by atoms with E-state index in [0.29, 0.717) is 12.1 Å². The number of hydrogen-bond donors (Lipinski definition) is 2. The first-order valence-corrected chi connectivity index (χ1v) is 10.5. The fourth-order valence-corrected chi connectivity index (χ4v) is 4.23. The highest BCUT2D eigenvalue weighted by Crippen LogP contribution is 2.44. The Kier molecular flexibility index (Phi) is 5.39. The molecule has 0 saturated carbocycles. The summed E-state index contributed by atoms with van der Waals surface area (Å²) in [6, 6.07) is 8.41. The number of carbonyl (C=O) groups is 1. The number of rotatable bonds is 4. The van der Waals surface area contributed by atoms with Gasteiger partial charge in [0, 0.05) is 15.8 Å². The van der Waals surface area contributed by atoms with Crippen molar-refractivity contribution in [2.24, 2.45) is 0 Å². The number of halogens is 4. The molecule has 29 heavy (non-hydrogen) atoms. The predicted molar refractivity (Wildman–Crippen MR) is 108 cm³/mol. The van der Waals surface area contributed by atoms with Crippen molar-refractivity contribution in [2.75, 3.05) is 5.32 Å². The minimum Gasteiger partial charge on any atom is -0.363 e. The molecule has 152 valence electrons. The van der Waals surface area contributed by atoms with Gasteiger partial charge in [0.2, 0.25) is 0 Å². The summed E-state index contributed by atoms with van der Waals surface area (Å²) in [6.45, 7) is 0.306. The number of anilines is 1. The number of amides is 1. The first-order valence-electron chi connectivity index (χ1n) is 8.79. The topological polar surface area (TPSA) is 59.0 Å². The average molecular weight is 485 g/mol. The second kappa shape index (κ2) is 7.83. The Bertz CT molecular complexity index is 1000. The maximum atomic E-state index is 13.7. The summed E-state index contributed by atoms with van der Waals surface area (Å²) in [6.07, 6.45) is -3.51. The zero-order valence-electron chi connectivity index (χ0n) is 14.9. The largest absolute Gasteiger partial charge is 0.410 e. The van der Waals surface area contributed by atoms with Crippen LogP contribution in [0.3, 0.4) is 0 Å². The lowest BCUT2D eigenvalue weighted by atomic mass is 9.96. The molecule has 0 radical (unpaired) electrons. The minimum atomic E-state index is -4.48. The summed E-state index contributed by atoms with van der Waals surface area (Å²) in [7, 11) is 0. The van der Waals surface area contributed by atoms with E-state index in [4.69, 9.17) is 0 Å². The van der Waals surface area contributed by atoms with Crippen LogP contribution >= 0.6 is 27.3 Å². The molecule has 0 bridgehead atoms. The van der Waals surface area contributed by atoms with Gasteiger partial charge in [-0.05, 0) is 29.1 Å². The Labute approximate surface area is 177 Å². The summed E-state index contributed by atoms with van der Waals surface area (Å²) in [5.41, 5.74) is 0.803. The predicted octanol–water partition coefficient (Wildman–Crippen LogP) is 5.30. The van der Waals surface area contributed by atoms with Crippen LogP contribution in [-0.2, 0) is 6.54 Å². The van der Waals surface area contributed by atoms with Crippen molar-refractivity contribution in [3.8, 4) is 0 Å². The number of aromatic nitrogens is 2. The van der Waals surface area contributed by atoms with Crippen molar-refractivity contribution in [3.05, 3.63) is 68.5 Å². The van der Waals surface area contributed by atoms with Crippen LogP contribution in [0, 0.1) is 0 Å². The third-order valence-electron chi connectivity index (χ3n) is 4.76. The Morgan fingerprint density at radius 3 is 2.72 bits per heavy atom. The van der Waals surface area contributed by atoms with Crippen molar-refractivity contribution < 1.29 is 18.0 Å². The van der Waals surface area contributed by atoms with Crippen LogP contribution in [0.25, 0.3) is 0 Å². The number of fused-ring (bicyclic) bond motifs is 1. The monoisotopic (exact) mass is 484 g/mol. The summed E-state index contributed by atoms with van der Waals surface area (Å²) >= 11 is 4.82. The number of carbonyl (C=O) groups excluding carboxylic acids is 1. The molecule has 0 fully saturated rings. The second-order valence-electron chi connectivity index (χ2n) is 6.66. The number of thiophene rings is 1. The van der Waals surface area contributed by atoms with Gasteiger partial charge in [0.15, 0.2) is 6.04 Å². The molecule has 3 aromatic rings. The van der Waals surface area contributed by atoms with Crippen molar-refractivity contribution in [1.29, 1.82) is 0 Å². The Balaban J connectivity index is 1.64. The lowest BCUT2D eigenvalue weighted by Crippen LogP contribution is -2.36. The van der Waals surface area contributed by atoms with E-state index in [1.54, 1.807) is 24.3 Å². The molecule has 2 N–H and O–H groups in total.